The summed E-state index contributed by atoms with van der Waals surface area (Å²) in [5.74, 6) is 0.573. The van der Waals surface area contributed by atoms with Gasteiger partial charge in [0.25, 0.3) is 0 Å². The number of rotatable bonds is 7. The van der Waals surface area contributed by atoms with Crippen LogP contribution in [-0.4, -0.2) is 58.0 Å². The summed E-state index contributed by atoms with van der Waals surface area (Å²) >= 11 is 12.0. The molecule has 0 saturated carbocycles. The molecule has 0 amide bonds. The van der Waals surface area contributed by atoms with E-state index in [1.165, 1.54) is 12.1 Å². The van der Waals surface area contributed by atoms with Crippen molar-refractivity contribution in [3.05, 3.63) is 40.0 Å². The van der Waals surface area contributed by atoms with Gasteiger partial charge in [0.15, 0.2) is 5.82 Å². The second-order valence-electron chi connectivity index (χ2n) is 6.25. The molecule has 0 atom stereocenters. The van der Waals surface area contributed by atoms with Crippen molar-refractivity contribution in [3.8, 4) is 0 Å². The maximum atomic E-state index is 12.5. The molecule has 0 spiro atoms. The number of ether oxygens (including phenoxy) is 1. The first-order chi connectivity index (χ1) is 13.4. The summed E-state index contributed by atoms with van der Waals surface area (Å²) in [6, 6.07) is 4.77. The fraction of sp³-hybridized carbons (Fsp3) is 0.412. The third-order valence-electron chi connectivity index (χ3n) is 4.24. The number of anilines is 2. The van der Waals surface area contributed by atoms with Crippen LogP contribution in [0.3, 0.4) is 0 Å². The van der Waals surface area contributed by atoms with Gasteiger partial charge in [0.05, 0.1) is 30.1 Å². The van der Waals surface area contributed by atoms with Crippen LogP contribution >= 0.6 is 23.2 Å². The number of aromatic nitrogens is 2. The first kappa shape index (κ1) is 21.1. The Labute approximate surface area is 174 Å². The summed E-state index contributed by atoms with van der Waals surface area (Å²) in [4.78, 5) is 2.17. The van der Waals surface area contributed by atoms with E-state index >= 15 is 0 Å². The van der Waals surface area contributed by atoms with Gasteiger partial charge in [-0.2, -0.15) is 5.10 Å². The van der Waals surface area contributed by atoms with E-state index < -0.39 is 10.0 Å². The molecule has 3 rings (SSSR count). The van der Waals surface area contributed by atoms with Gasteiger partial charge in [-0.05, 0) is 24.6 Å². The third kappa shape index (κ3) is 5.24. The maximum absolute atomic E-state index is 12.5. The number of nitrogens with zero attached hydrogens (tertiary/aromatic N) is 3. The molecule has 11 heteroatoms. The zero-order chi connectivity index (χ0) is 20.1. The number of nitrogens with one attached hydrogen (secondary N) is 2. The maximum Gasteiger partial charge on any atom is 0.242 e. The lowest BCUT2D eigenvalue weighted by Crippen LogP contribution is -2.36. The van der Waals surface area contributed by atoms with Gasteiger partial charge in [0.1, 0.15) is 4.90 Å². The van der Waals surface area contributed by atoms with Crippen molar-refractivity contribution < 1.29 is 13.2 Å². The Balaban J connectivity index is 1.56. The SMILES string of the molecule is Cc1cc(S(=O)(=O)NCCNc2cc(N3CCOCC3)cnn2)c(Cl)cc1Cl. The van der Waals surface area contributed by atoms with Crippen LogP contribution in [0.15, 0.2) is 29.3 Å². The predicted octanol–water partition coefficient (Wildman–Crippen LogP) is 2.32. The number of benzene rings is 1. The number of hydrogen-bond donors (Lipinski definition) is 2. The van der Waals surface area contributed by atoms with Crippen LogP contribution < -0.4 is 14.9 Å². The van der Waals surface area contributed by atoms with Crippen molar-refractivity contribution in [3.63, 3.8) is 0 Å². The number of aryl methyl sites for hydroxylation is 1. The van der Waals surface area contributed by atoms with Gasteiger partial charge in [0.2, 0.25) is 10.0 Å². The van der Waals surface area contributed by atoms with E-state index in [0.29, 0.717) is 36.2 Å². The molecule has 2 heterocycles. The highest BCUT2D eigenvalue weighted by molar-refractivity contribution is 7.89. The van der Waals surface area contributed by atoms with Crippen molar-refractivity contribution in [2.45, 2.75) is 11.8 Å². The van der Waals surface area contributed by atoms with Crippen molar-refractivity contribution in [1.29, 1.82) is 0 Å². The van der Waals surface area contributed by atoms with E-state index in [1.807, 2.05) is 6.07 Å². The zero-order valence-corrected chi connectivity index (χ0v) is 17.6. The van der Waals surface area contributed by atoms with Gasteiger partial charge in [0, 0.05) is 37.3 Å². The third-order valence-corrected chi connectivity index (χ3v) is 6.58. The summed E-state index contributed by atoms with van der Waals surface area (Å²) in [6.45, 7) is 5.17. The topological polar surface area (TPSA) is 96.5 Å². The quantitative estimate of drug-likeness (QED) is 0.631. The second kappa shape index (κ2) is 9.23. The van der Waals surface area contributed by atoms with E-state index in [0.717, 1.165) is 18.8 Å². The average Bonchev–Trinajstić information content (AvgIpc) is 2.69. The minimum absolute atomic E-state index is 0.00479. The van der Waals surface area contributed by atoms with Crippen LogP contribution in [0.25, 0.3) is 0 Å². The molecule has 1 aromatic carbocycles. The van der Waals surface area contributed by atoms with Gasteiger partial charge in [-0.15, -0.1) is 5.10 Å². The smallest absolute Gasteiger partial charge is 0.242 e. The summed E-state index contributed by atoms with van der Waals surface area (Å²) in [5, 5.41) is 11.6. The van der Waals surface area contributed by atoms with Gasteiger partial charge >= 0.3 is 0 Å². The number of morpholine rings is 1. The van der Waals surface area contributed by atoms with Crippen LogP contribution in [0, 0.1) is 6.92 Å². The normalized spacial score (nSPS) is 14.9. The highest BCUT2D eigenvalue weighted by Crippen LogP contribution is 2.28. The van der Waals surface area contributed by atoms with Crippen LogP contribution in [0.4, 0.5) is 11.5 Å². The molecular formula is C17H21Cl2N5O3S. The lowest BCUT2D eigenvalue weighted by Gasteiger charge is -2.28. The Bertz CT molecular complexity index is 936. The summed E-state index contributed by atoms with van der Waals surface area (Å²) in [7, 11) is -3.75. The van der Waals surface area contributed by atoms with Crippen LogP contribution in [-0.2, 0) is 14.8 Å². The van der Waals surface area contributed by atoms with E-state index in [4.69, 9.17) is 27.9 Å². The van der Waals surface area contributed by atoms with Crippen molar-refractivity contribution >= 4 is 44.7 Å². The zero-order valence-electron chi connectivity index (χ0n) is 15.3. The van der Waals surface area contributed by atoms with Gasteiger partial charge in [-0.1, -0.05) is 23.2 Å². The van der Waals surface area contributed by atoms with Gasteiger partial charge in [-0.3, -0.25) is 0 Å². The molecule has 2 aromatic rings. The van der Waals surface area contributed by atoms with E-state index in [1.54, 1.807) is 13.1 Å². The molecule has 2 N–H and O–H groups in total. The van der Waals surface area contributed by atoms with Crippen molar-refractivity contribution in [1.82, 2.24) is 14.9 Å². The van der Waals surface area contributed by atoms with E-state index in [9.17, 15) is 8.42 Å². The molecule has 8 nitrogen and oxygen atoms in total. The second-order valence-corrected chi connectivity index (χ2v) is 8.80. The highest BCUT2D eigenvalue weighted by Gasteiger charge is 2.19. The monoisotopic (exact) mass is 445 g/mol. The summed E-state index contributed by atoms with van der Waals surface area (Å²) < 4.78 is 32.8. The molecule has 1 aromatic heterocycles. The van der Waals surface area contributed by atoms with Gasteiger partial charge < -0.3 is 15.0 Å². The molecule has 1 fully saturated rings. The number of sulfonamides is 1. The molecule has 1 saturated heterocycles. The molecule has 0 radical (unpaired) electrons. The van der Waals surface area contributed by atoms with E-state index in [-0.39, 0.29) is 16.5 Å². The lowest BCUT2D eigenvalue weighted by atomic mass is 10.2. The Morgan fingerprint density at radius 3 is 2.64 bits per heavy atom. The molecule has 1 aliphatic rings. The van der Waals surface area contributed by atoms with Crippen LogP contribution in [0.1, 0.15) is 5.56 Å². The number of halogens is 2. The summed E-state index contributed by atoms with van der Waals surface area (Å²) in [5.41, 5.74) is 1.59. The largest absolute Gasteiger partial charge is 0.378 e. The van der Waals surface area contributed by atoms with Crippen LogP contribution in [0.5, 0.6) is 0 Å². The van der Waals surface area contributed by atoms with Gasteiger partial charge in [-0.25, -0.2) is 13.1 Å². The first-order valence-corrected chi connectivity index (χ1v) is 11.0. The fourth-order valence-electron chi connectivity index (χ4n) is 2.73. The highest BCUT2D eigenvalue weighted by atomic mass is 35.5. The predicted molar refractivity (Wildman–Crippen MR) is 110 cm³/mol. The number of hydrogen-bond acceptors (Lipinski definition) is 7. The Hall–Kier alpha value is -1.65. The standard InChI is InChI=1S/C17H21Cl2N5O3S/c1-12-8-16(15(19)10-14(12)18)28(25,26)22-3-2-20-17-9-13(11-21-23-17)24-4-6-27-7-5-24/h8-11,22H,2-7H2,1H3,(H,20,23). The molecular weight excluding hydrogens is 425 g/mol. The molecule has 0 bridgehead atoms. The molecule has 0 aliphatic carbocycles. The van der Waals surface area contributed by atoms with Crippen molar-refractivity contribution in [2.75, 3.05) is 49.6 Å². The fourth-order valence-corrected chi connectivity index (χ4v) is 4.59. The molecule has 28 heavy (non-hydrogen) atoms. The van der Waals surface area contributed by atoms with Crippen molar-refractivity contribution in [2.24, 2.45) is 0 Å². The Kier molecular flexibility index (Phi) is 6.95. The Morgan fingerprint density at radius 1 is 1.14 bits per heavy atom. The minimum atomic E-state index is -3.75. The molecule has 1 aliphatic heterocycles. The van der Waals surface area contributed by atoms with E-state index in [2.05, 4.69) is 25.1 Å². The average molecular weight is 446 g/mol. The lowest BCUT2D eigenvalue weighted by molar-refractivity contribution is 0.122. The Morgan fingerprint density at radius 2 is 1.89 bits per heavy atom. The molecule has 0 unspecified atom stereocenters. The molecule has 152 valence electrons. The first-order valence-electron chi connectivity index (χ1n) is 8.71. The summed E-state index contributed by atoms with van der Waals surface area (Å²) in [6.07, 6.45) is 1.70. The van der Waals surface area contributed by atoms with Crippen LogP contribution in [0.2, 0.25) is 10.0 Å². The minimum Gasteiger partial charge on any atom is -0.378 e.